The minimum absolute atomic E-state index is 0.0294. The van der Waals surface area contributed by atoms with Crippen molar-refractivity contribution in [1.82, 2.24) is 0 Å². The van der Waals surface area contributed by atoms with Gasteiger partial charge in [0.2, 0.25) is 0 Å². The molecule has 0 amide bonds. The lowest BCUT2D eigenvalue weighted by molar-refractivity contribution is 0.00917. The molecule has 2 fully saturated rings. The van der Waals surface area contributed by atoms with Crippen LogP contribution < -0.4 is 0 Å². The van der Waals surface area contributed by atoms with Gasteiger partial charge in [0.25, 0.3) is 0 Å². The SMILES string of the molecule is O=S1(=O)C2CCCC1CC(O)(Cc1ccc(F)cc1F)C2. The van der Waals surface area contributed by atoms with E-state index in [1.165, 1.54) is 6.07 Å². The Morgan fingerprint density at radius 1 is 1.19 bits per heavy atom. The Hall–Kier alpha value is -1.01. The first-order chi connectivity index (χ1) is 9.80. The normalized spacial score (nSPS) is 34.6. The third-order valence-corrected chi connectivity index (χ3v) is 7.39. The van der Waals surface area contributed by atoms with Crippen LogP contribution in [0.1, 0.15) is 37.7 Å². The molecule has 3 nitrogen and oxygen atoms in total. The fraction of sp³-hybridized carbons (Fsp3) is 0.600. The first-order valence-corrected chi connectivity index (χ1v) is 8.80. The summed E-state index contributed by atoms with van der Waals surface area (Å²) in [4.78, 5) is 0. The molecular formula is C15H18F2O3S. The van der Waals surface area contributed by atoms with Crippen LogP contribution in [0.25, 0.3) is 0 Å². The predicted molar refractivity (Wildman–Crippen MR) is 74.6 cm³/mol. The van der Waals surface area contributed by atoms with Crippen molar-refractivity contribution in [3.05, 3.63) is 35.4 Å². The summed E-state index contributed by atoms with van der Waals surface area (Å²) >= 11 is 0. The van der Waals surface area contributed by atoms with E-state index in [1.807, 2.05) is 0 Å². The topological polar surface area (TPSA) is 54.4 Å². The number of aliphatic hydroxyl groups is 1. The summed E-state index contributed by atoms with van der Waals surface area (Å²) in [5.74, 6) is -1.35. The Morgan fingerprint density at radius 3 is 2.38 bits per heavy atom. The number of hydrogen-bond acceptors (Lipinski definition) is 3. The molecular weight excluding hydrogens is 298 g/mol. The van der Waals surface area contributed by atoms with Crippen LogP contribution in [0.15, 0.2) is 18.2 Å². The van der Waals surface area contributed by atoms with Crippen LogP contribution in [0.3, 0.4) is 0 Å². The van der Waals surface area contributed by atoms with E-state index >= 15 is 0 Å². The third-order valence-electron chi connectivity index (χ3n) is 4.73. The van der Waals surface area contributed by atoms with Gasteiger partial charge in [0.1, 0.15) is 11.6 Å². The van der Waals surface area contributed by atoms with E-state index in [-0.39, 0.29) is 24.8 Å². The van der Waals surface area contributed by atoms with Gasteiger partial charge in [0, 0.05) is 12.5 Å². The number of rotatable bonds is 2. The zero-order valence-corrected chi connectivity index (χ0v) is 12.4. The molecule has 1 aromatic rings. The van der Waals surface area contributed by atoms with Gasteiger partial charge in [0.15, 0.2) is 9.84 Å². The molecule has 0 spiro atoms. The average Bonchev–Trinajstić information content (AvgIpc) is 2.35. The Morgan fingerprint density at radius 2 is 1.81 bits per heavy atom. The van der Waals surface area contributed by atoms with Crippen molar-refractivity contribution < 1.29 is 22.3 Å². The van der Waals surface area contributed by atoms with E-state index < -0.39 is 37.6 Å². The second kappa shape index (κ2) is 5.02. The predicted octanol–water partition coefficient (Wildman–Crippen LogP) is 2.37. The second-order valence-corrected chi connectivity index (χ2v) is 8.82. The van der Waals surface area contributed by atoms with Crippen LogP contribution in [0.5, 0.6) is 0 Å². The standard InChI is InChI=1S/C15H18F2O3S/c16-11-5-4-10(14(17)6-11)7-15(18)8-12-2-1-3-13(9-15)21(12,19)20/h4-6,12-13,18H,1-3,7-9H2. The van der Waals surface area contributed by atoms with Crippen molar-refractivity contribution in [2.75, 3.05) is 0 Å². The molecule has 2 aliphatic heterocycles. The fourth-order valence-electron chi connectivity index (χ4n) is 3.71. The van der Waals surface area contributed by atoms with Gasteiger partial charge < -0.3 is 5.11 Å². The van der Waals surface area contributed by atoms with Crippen LogP contribution in [0.2, 0.25) is 0 Å². The summed E-state index contributed by atoms with van der Waals surface area (Å²) in [6.45, 7) is 0. The molecule has 0 saturated carbocycles. The van der Waals surface area contributed by atoms with Gasteiger partial charge in [0.05, 0.1) is 16.1 Å². The quantitative estimate of drug-likeness (QED) is 0.911. The lowest BCUT2D eigenvalue weighted by atomic mass is 9.81. The highest BCUT2D eigenvalue weighted by molar-refractivity contribution is 7.92. The van der Waals surface area contributed by atoms with Crippen LogP contribution >= 0.6 is 0 Å². The summed E-state index contributed by atoms with van der Waals surface area (Å²) in [7, 11) is -3.16. The first-order valence-electron chi connectivity index (χ1n) is 7.19. The van der Waals surface area contributed by atoms with Gasteiger partial charge in [-0.25, -0.2) is 17.2 Å². The van der Waals surface area contributed by atoms with Crippen molar-refractivity contribution in [2.45, 2.75) is 54.6 Å². The minimum Gasteiger partial charge on any atom is -0.389 e. The molecule has 2 atom stereocenters. The zero-order chi connectivity index (χ0) is 15.3. The van der Waals surface area contributed by atoms with E-state index in [0.717, 1.165) is 18.6 Å². The van der Waals surface area contributed by atoms with Crippen molar-refractivity contribution in [2.24, 2.45) is 0 Å². The van der Waals surface area contributed by atoms with Gasteiger partial charge in [-0.1, -0.05) is 12.5 Å². The molecule has 0 aromatic heterocycles. The van der Waals surface area contributed by atoms with Crippen molar-refractivity contribution in [1.29, 1.82) is 0 Å². The highest BCUT2D eigenvalue weighted by Gasteiger charge is 2.50. The molecule has 0 aliphatic carbocycles. The summed E-state index contributed by atoms with van der Waals surface area (Å²) < 4.78 is 51.1. The van der Waals surface area contributed by atoms with Gasteiger partial charge in [-0.15, -0.1) is 0 Å². The number of halogens is 2. The average molecular weight is 316 g/mol. The number of hydrogen-bond donors (Lipinski definition) is 1. The fourth-order valence-corrected chi connectivity index (χ4v) is 6.32. The van der Waals surface area contributed by atoms with Crippen LogP contribution in [0, 0.1) is 11.6 Å². The maximum absolute atomic E-state index is 13.7. The molecule has 1 N–H and O–H groups in total. The van der Waals surface area contributed by atoms with Crippen LogP contribution in [0.4, 0.5) is 8.78 Å². The molecule has 3 rings (SSSR count). The highest BCUT2D eigenvalue weighted by atomic mass is 32.2. The van der Waals surface area contributed by atoms with Gasteiger partial charge in [-0.05, 0) is 37.3 Å². The van der Waals surface area contributed by atoms with Gasteiger partial charge >= 0.3 is 0 Å². The molecule has 2 unspecified atom stereocenters. The molecule has 2 heterocycles. The number of fused-ring (bicyclic) bond motifs is 2. The molecule has 6 heteroatoms. The molecule has 21 heavy (non-hydrogen) atoms. The number of sulfone groups is 1. The largest absolute Gasteiger partial charge is 0.389 e. The van der Waals surface area contributed by atoms with Gasteiger partial charge in [-0.2, -0.15) is 0 Å². The molecule has 2 bridgehead atoms. The smallest absolute Gasteiger partial charge is 0.156 e. The monoisotopic (exact) mass is 316 g/mol. The van der Waals surface area contributed by atoms with Crippen molar-refractivity contribution in [3.63, 3.8) is 0 Å². The molecule has 1 aromatic carbocycles. The summed E-state index contributed by atoms with van der Waals surface area (Å²) in [6, 6.07) is 3.27. The minimum atomic E-state index is -3.16. The molecule has 0 radical (unpaired) electrons. The highest BCUT2D eigenvalue weighted by Crippen LogP contribution is 2.42. The zero-order valence-electron chi connectivity index (χ0n) is 11.6. The summed E-state index contributed by atoms with van der Waals surface area (Å²) in [6.07, 6.45) is 2.29. The van der Waals surface area contributed by atoms with E-state index in [1.54, 1.807) is 0 Å². The van der Waals surface area contributed by atoms with E-state index in [9.17, 15) is 22.3 Å². The molecule has 116 valence electrons. The first kappa shape index (κ1) is 14.9. The molecule has 2 saturated heterocycles. The lowest BCUT2D eigenvalue weighted by Gasteiger charge is -2.44. The van der Waals surface area contributed by atoms with E-state index in [0.29, 0.717) is 12.8 Å². The summed E-state index contributed by atoms with van der Waals surface area (Å²) in [5, 5.41) is 9.67. The lowest BCUT2D eigenvalue weighted by Crippen LogP contribution is -2.52. The Bertz CT molecular complexity index is 637. The Balaban J connectivity index is 1.86. The summed E-state index contributed by atoms with van der Waals surface area (Å²) in [5.41, 5.74) is -0.990. The molecule has 2 aliphatic rings. The van der Waals surface area contributed by atoms with Gasteiger partial charge in [-0.3, -0.25) is 0 Å². The van der Waals surface area contributed by atoms with Crippen molar-refractivity contribution >= 4 is 9.84 Å². The van der Waals surface area contributed by atoms with Crippen LogP contribution in [-0.4, -0.2) is 29.6 Å². The maximum atomic E-state index is 13.7. The van der Waals surface area contributed by atoms with Crippen LogP contribution in [-0.2, 0) is 16.3 Å². The third kappa shape index (κ3) is 2.71. The van der Waals surface area contributed by atoms with E-state index in [2.05, 4.69) is 0 Å². The van der Waals surface area contributed by atoms with E-state index in [4.69, 9.17) is 0 Å². The second-order valence-electron chi connectivity index (χ2n) is 6.31. The van der Waals surface area contributed by atoms with Crippen molar-refractivity contribution in [3.8, 4) is 0 Å². The number of benzene rings is 1. The maximum Gasteiger partial charge on any atom is 0.156 e. The Kier molecular flexibility index (Phi) is 3.56. The Labute approximate surface area is 122 Å².